The lowest BCUT2D eigenvalue weighted by Crippen LogP contribution is -2.44. The van der Waals surface area contributed by atoms with E-state index in [9.17, 15) is 9.90 Å². The van der Waals surface area contributed by atoms with Crippen molar-refractivity contribution in [3.8, 4) is 0 Å². The molecule has 1 atom stereocenters. The smallest absolute Gasteiger partial charge is 0.337 e. The van der Waals surface area contributed by atoms with Crippen LogP contribution in [0.2, 0.25) is 0 Å². The summed E-state index contributed by atoms with van der Waals surface area (Å²) in [5.41, 5.74) is 6.26. The van der Waals surface area contributed by atoms with Gasteiger partial charge in [-0.2, -0.15) is 0 Å². The fourth-order valence-corrected chi connectivity index (χ4v) is 4.03. The van der Waals surface area contributed by atoms with Crippen molar-refractivity contribution in [1.82, 2.24) is 10.2 Å². The van der Waals surface area contributed by atoms with Gasteiger partial charge in [0.2, 0.25) is 0 Å². The lowest BCUT2D eigenvalue weighted by molar-refractivity contribution is -0.132. The van der Waals surface area contributed by atoms with Crippen molar-refractivity contribution >= 4 is 12.7 Å². The van der Waals surface area contributed by atoms with Crippen molar-refractivity contribution in [2.24, 2.45) is 4.99 Å². The van der Waals surface area contributed by atoms with E-state index in [0.717, 1.165) is 47.4 Å². The molecule has 0 radical (unpaired) electrons. The first-order chi connectivity index (χ1) is 17.1. The quantitative estimate of drug-likeness (QED) is 0.132. The van der Waals surface area contributed by atoms with Gasteiger partial charge in [0.1, 0.15) is 0 Å². The van der Waals surface area contributed by atoms with E-state index in [0.29, 0.717) is 18.8 Å². The van der Waals surface area contributed by atoms with Crippen LogP contribution in [0.5, 0.6) is 0 Å². The largest absolute Gasteiger partial charge is 0.498 e. The summed E-state index contributed by atoms with van der Waals surface area (Å²) in [6.07, 6.45) is 12.9. The van der Waals surface area contributed by atoms with Gasteiger partial charge in [0, 0.05) is 25.0 Å². The van der Waals surface area contributed by atoms with Crippen molar-refractivity contribution < 1.29 is 14.6 Å². The normalized spacial score (nSPS) is 18.7. The maximum Gasteiger partial charge on any atom is 0.337 e. The van der Waals surface area contributed by atoms with Crippen molar-refractivity contribution in [3.63, 3.8) is 0 Å². The van der Waals surface area contributed by atoms with E-state index < -0.39 is 5.97 Å². The second-order valence-electron chi connectivity index (χ2n) is 8.97. The zero-order valence-electron chi connectivity index (χ0n) is 22.9. The Hall–Kier alpha value is -3.38. The van der Waals surface area contributed by atoms with Gasteiger partial charge in [-0.3, -0.25) is 9.89 Å². The molecule has 196 valence electrons. The van der Waals surface area contributed by atoms with Gasteiger partial charge in [0.15, 0.2) is 0 Å². The Labute approximate surface area is 217 Å². The predicted molar refractivity (Wildman–Crippen MR) is 152 cm³/mol. The minimum absolute atomic E-state index is 0.0450. The Morgan fingerprint density at radius 3 is 2.53 bits per heavy atom. The zero-order chi connectivity index (χ0) is 27.3. The highest BCUT2D eigenvalue weighted by molar-refractivity contribution is 5.90. The van der Waals surface area contributed by atoms with Crippen LogP contribution in [-0.2, 0) is 9.53 Å². The third kappa shape index (κ3) is 9.34. The maximum absolute atomic E-state index is 11.6. The second-order valence-corrected chi connectivity index (χ2v) is 8.97. The molecular formula is C30H43N3O3. The lowest BCUT2D eigenvalue weighted by Gasteiger charge is -2.35. The van der Waals surface area contributed by atoms with Gasteiger partial charge in [0.05, 0.1) is 24.0 Å². The van der Waals surface area contributed by atoms with Crippen LogP contribution in [0.15, 0.2) is 99.6 Å². The van der Waals surface area contributed by atoms with E-state index in [2.05, 4.69) is 68.1 Å². The number of rotatable bonds is 14. The zero-order valence-corrected chi connectivity index (χ0v) is 22.9. The monoisotopic (exact) mass is 493 g/mol. The number of hydrogen-bond donors (Lipinski definition) is 2. The van der Waals surface area contributed by atoms with Crippen LogP contribution in [0.4, 0.5) is 0 Å². The van der Waals surface area contributed by atoms with Crippen molar-refractivity contribution in [2.45, 2.75) is 53.5 Å². The molecule has 1 aliphatic heterocycles. The molecule has 1 heterocycles. The summed E-state index contributed by atoms with van der Waals surface area (Å²) in [4.78, 5) is 17.5. The highest BCUT2D eigenvalue weighted by Crippen LogP contribution is 2.28. The molecule has 0 aromatic carbocycles. The Bertz CT molecular complexity index is 1020. The first-order valence-corrected chi connectivity index (χ1v) is 12.3. The number of nitrogens with zero attached hydrogens (tertiary/aromatic N) is 2. The molecule has 0 bridgehead atoms. The van der Waals surface area contributed by atoms with Crippen LogP contribution < -0.4 is 5.32 Å². The molecule has 1 aliphatic rings. The summed E-state index contributed by atoms with van der Waals surface area (Å²) in [5, 5.41) is 12.8. The summed E-state index contributed by atoms with van der Waals surface area (Å²) in [7, 11) is 2.07. The number of likely N-dealkylation sites (N-methyl/N-ethyl adjacent to an activating group) is 1. The molecule has 0 aliphatic carbocycles. The summed E-state index contributed by atoms with van der Waals surface area (Å²) < 4.78 is 5.69. The first kappa shape index (κ1) is 30.7. The van der Waals surface area contributed by atoms with E-state index in [1.807, 2.05) is 26.0 Å². The Balaban J connectivity index is 3.32. The predicted octanol–water partition coefficient (Wildman–Crippen LogP) is 6.11. The van der Waals surface area contributed by atoms with Gasteiger partial charge in [-0.05, 0) is 88.7 Å². The lowest BCUT2D eigenvalue weighted by atomic mass is 9.89. The molecule has 0 saturated carbocycles. The minimum Gasteiger partial charge on any atom is -0.498 e. The summed E-state index contributed by atoms with van der Waals surface area (Å²) in [6, 6.07) is 0.0450. The molecule has 0 aromatic heterocycles. The van der Waals surface area contributed by atoms with Gasteiger partial charge in [-0.1, -0.05) is 43.9 Å². The highest BCUT2D eigenvalue weighted by atomic mass is 16.5. The number of carbonyl (C=O) groups is 1. The van der Waals surface area contributed by atoms with Crippen LogP contribution in [0.3, 0.4) is 0 Å². The van der Waals surface area contributed by atoms with Gasteiger partial charge in [0.25, 0.3) is 0 Å². The number of hydrogen-bond acceptors (Lipinski definition) is 5. The molecule has 0 unspecified atom stereocenters. The number of aliphatic carboxylic acids is 1. The Kier molecular flexibility index (Phi) is 13.3. The third-order valence-electron chi connectivity index (χ3n) is 6.05. The number of nitrogens with one attached hydrogen (secondary N) is 1. The van der Waals surface area contributed by atoms with E-state index in [4.69, 9.17) is 4.74 Å². The standard InChI is InChI=1S/C30H43N3O3/c1-10-18-36-23(6)12-13-27(21(3)4)22(5)19-25-15-17-33(9)29(26(25)11-2)20-32-24(7)28(30(34)35)14-16-31-8/h11-14,16,19,29,32H,2-3,8,10,15,17-18,20H2,1,4-7,9H3,(H,34,35)/b16-14-,22-19+,23-12+,27-13+,28-24-/t29-/m1/s1. The summed E-state index contributed by atoms with van der Waals surface area (Å²) >= 11 is 0. The minimum atomic E-state index is -1.01. The Morgan fingerprint density at radius 2 is 1.97 bits per heavy atom. The van der Waals surface area contributed by atoms with E-state index in [1.165, 1.54) is 17.8 Å². The average molecular weight is 494 g/mol. The molecule has 1 rings (SSSR count). The molecule has 0 amide bonds. The molecule has 6 heteroatoms. The second kappa shape index (κ2) is 15.6. The fraction of sp³-hybridized carbons (Fsp3) is 0.400. The highest BCUT2D eigenvalue weighted by Gasteiger charge is 2.25. The molecule has 6 nitrogen and oxygen atoms in total. The molecule has 2 N–H and O–H groups in total. The molecular weight excluding hydrogens is 450 g/mol. The van der Waals surface area contributed by atoms with Gasteiger partial charge in [-0.25, -0.2) is 4.79 Å². The molecule has 36 heavy (non-hydrogen) atoms. The number of aliphatic imine (C=N–C) groups is 1. The van der Waals surface area contributed by atoms with Crippen molar-refractivity contribution in [1.29, 1.82) is 0 Å². The Morgan fingerprint density at radius 1 is 1.28 bits per heavy atom. The maximum atomic E-state index is 11.6. The summed E-state index contributed by atoms with van der Waals surface area (Å²) in [6.45, 7) is 23.7. The van der Waals surface area contributed by atoms with Crippen LogP contribution in [0.1, 0.15) is 47.5 Å². The van der Waals surface area contributed by atoms with E-state index in [1.54, 1.807) is 6.92 Å². The first-order valence-electron chi connectivity index (χ1n) is 12.3. The number of carboxylic acid groups (broad SMARTS) is 1. The SMILES string of the molecule is C=CC1=C(/C=C(C)/C(=C/C=C(\C)OCCC)C(=C)C)CCN(C)[C@@H]1CN/C(C)=C(/C=C\N=C)C(=O)O. The van der Waals surface area contributed by atoms with Crippen LogP contribution >= 0.6 is 0 Å². The fourth-order valence-electron chi connectivity index (χ4n) is 4.03. The third-order valence-corrected chi connectivity index (χ3v) is 6.05. The molecule has 0 fully saturated rings. The number of carboxylic acids is 1. The van der Waals surface area contributed by atoms with Crippen LogP contribution in [0, 0.1) is 0 Å². The number of ether oxygens (including phenoxy) is 1. The van der Waals surface area contributed by atoms with Crippen molar-refractivity contribution in [3.05, 3.63) is 94.6 Å². The summed E-state index contributed by atoms with van der Waals surface area (Å²) in [5.74, 6) is -0.137. The van der Waals surface area contributed by atoms with Gasteiger partial charge >= 0.3 is 5.97 Å². The van der Waals surface area contributed by atoms with Crippen LogP contribution in [0.25, 0.3) is 0 Å². The van der Waals surface area contributed by atoms with E-state index in [-0.39, 0.29) is 11.6 Å². The van der Waals surface area contributed by atoms with Gasteiger partial charge in [-0.15, -0.1) is 0 Å². The average Bonchev–Trinajstić information content (AvgIpc) is 2.82. The van der Waals surface area contributed by atoms with Crippen molar-refractivity contribution in [2.75, 3.05) is 26.7 Å². The number of allylic oxidation sites excluding steroid dienone is 8. The van der Waals surface area contributed by atoms with E-state index >= 15 is 0 Å². The molecule has 0 saturated heterocycles. The topological polar surface area (TPSA) is 74.2 Å². The van der Waals surface area contributed by atoms with Gasteiger partial charge < -0.3 is 15.2 Å². The van der Waals surface area contributed by atoms with Crippen LogP contribution in [-0.4, -0.2) is 55.5 Å². The molecule has 0 spiro atoms. The molecule has 0 aromatic rings.